The summed E-state index contributed by atoms with van der Waals surface area (Å²) >= 11 is 0. The predicted molar refractivity (Wildman–Crippen MR) is 140 cm³/mol. The third-order valence-corrected chi connectivity index (χ3v) is 6.33. The van der Waals surface area contributed by atoms with Crippen molar-refractivity contribution in [3.8, 4) is 0 Å². The number of carboxylic acids is 1. The van der Waals surface area contributed by atoms with E-state index in [1.165, 1.54) is 71.1 Å². The van der Waals surface area contributed by atoms with Crippen LogP contribution in [0.4, 0.5) is 4.79 Å². The molecule has 194 valence electrons. The Hall–Kier alpha value is -1.79. The van der Waals surface area contributed by atoms with Crippen LogP contribution in [0, 0.1) is 0 Å². The Morgan fingerprint density at radius 1 is 0.882 bits per heavy atom. The Morgan fingerprint density at radius 2 is 1.35 bits per heavy atom. The van der Waals surface area contributed by atoms with Crippen molar-refractivity contribution >= 4 is 24.5 Å². The van der Waals surface area contributed by atoms with Gasteiger partial charge in [0.2, 0.25) is 0 Å². The standard InChI is InChI=1S/C15H21NO4.C12H23N.ClH/c1-14(2,3)20-13(19)16-15(4,12(17)18)10-11-8-6-5-7-9-11;1-3-7-11(8-4-1)13-12-9-5-2-6-10-12;/h5-9H,10H2,1-4H3,(H,16,19)(H,17,18);11-13H,1-10H2;1H/t15-;;/m0../s1. The third kappa shape index (κ3) is 11.6. The summed E-state index contributed by atoms with van der Waals surface area (Å²) in [4.78, 5) is 23.2. The maximum absolute atomic E-state index is 11.8. The van der Waals surface area contributed by atoms with E-state index in [0.717, 1.165) is 17.6 Å². The lowest BCUT2D eigenvalue weighted by molar-refractivity contribution is -0.144. The zero-order chi connectivity index (χ0) is 24.3. The van der Waals surface area contributed by atoms with Crippen molar-refractivity contribution in [2.75, 3.05) is 0 Å². The first-order valence-corrected chi connectivity index (χ1v) is 12.6. The highest BCUT2D eigenvalue weighted by Gasteiger charge is 2.36. The summed E-state index contributed by atoms with van der Waals surface area (Å²) in [6.07, 6.45) is 14.0. The van der Waals surface area contributed by atoms with Gasteiger partial charge in [-0.2, -0.15) is 0 Å². The molecule has 6 nitrogen and oxygen atoms in total. The highest BCUT2D eigenvalue weighted by Crippen LogP contribution is 2.22. The molecule has 1 aromatic rings. The second kappa shape index (κ2) is 14.6. The number of aliphatic carboxylic acids is 1. The SMILES string of the molecule is C1CCC(NC2CCCCC2)CC1.CC(C)(C)OC(=O)N[C@@](C)(Cc1ccccc1)C(=O)O.Cl. The highest BCUT2D eigenvalue weighted by molar-refractivity contribution is 5.85. The lowest BCUT2D eigenvalue weighted by Gasteiger charge is -2.30. The Bertz CT molecular complexity index is 710. The van der Waals surface area contributed by atoms with Crippen LogP contribution in [-0.4, -0.2) is 40.4 Å². The smallest absolute Gasteiger partial charge is 0.408 e. The van der Waals surface area contributed by atoms with Gasteiger partial charge < -0.3 is 20.5 Å². The molecule has 0 unspecified atom stereocenters. The molecule has 0 radical (unpaired) electrons. The van der Waals surface area contributed by atoms with Crippen molar-refractivity contribution in [1.82, 2.24) is 10.6 Å². The predicted octanol–water partition coefficient (Wildman–Crippen LogP) is 6.26. The summed E-state index contributed by atoms with van der Waals surface area (Å²) in [6.45, 7) is 6.64. The van der Waals surface area contributed by atoms with Gasteiger partial charge in [0.25, 0.3) is 0 Å². The average molecular weight is 497 g/mol. The number of amides is 1. The van der Waals surface area contributed by atoms with E-state index in [9.17, 15) is 14.7 Å². The lowest BCUT2D eigenvalue weighted by atomic mass is 9.91. The molecule has 0 spiro atoms. The minimum Gasteiger partial charge on any atom is -0.480 e. The molecule has 34 heavy (non-hydrogen) atoms. The van der Waals surface area contributed by atoms with Gasteiger partial charge in [0.1, 0.15) is 11.1 Å². The van der Waals surface area contributed by atoms with Gasteiger partial charge in [-0.3, -0.25) is 0 Å². The molecule has 2 aliphatic rings. The van der Waals surface area contributed by atoms with Crippen LogP contribution >= 0.6 is 12.4 Å². The summed E-state index contributed by atoms with van der Waals surface area (Å²) in [5, 5.41) is 15.7. The number of carboxylic acid groups (broad SMARTS) is 1. The third-order valence-electron chi connectivity index (χ3n) is 6.33. The van der Waals surface area contributed by atoms with E-state index < -0.39 is 23.2 Å². The van der Waals surface area contributed by atoms with Crippen LogP contribution in [0.15, 0.2) is 30.3 Å². The molecular weight excluding hydrogens is 452 g/mol. The maximum atomic E-state index is 11.8. The molecule has 7 heteroatoms. The van der Waals surface area contributed by atoms with Crippen LogP contribution < -0.4 is 10.6 Å². The molecule has 1 aromatic carbocycles. The van der Waals surface area contributed by atoms with Crippen LogP contribution in [0.2, 0.25) is 0 Å². The van der Waals surface area contributed by atoms with Gasteiger partial charge in [-0.1, -0.05) is 68.9 Å². The molecule has 2 fully saturated rings. The van der Waals surface area contributed by atoms with E-state index in [1.54, 1.807) is 20.8 Å². The van der Waals surface area contributed by atoms with Crippen LogP contribution in [-0.2, 0) is 16.0 Å². The molecule has 0 heterocycles. The molecule has 2 aliphatic carbocycles. The second-order valence-electron chi connectivity index (χ2n) is 10.8. The van der Waals surface area contributed by atoms with E-state index in [-0.39, 0.29) is 18.8 Å². The van der Waals surface area contributed by atoms with Crippen molar-refractivity contribution < 1.29 is 19.4 Å². The molecule has 1 amide bonds. The number of alkyl carbamates (subject to hydrolysis) is 1. The average Bonchev–Trinajstić information content (AvgIpc) is 2.75. The zero-order valence-corrected chi connectivity index (χ0v) is 22.2. The van der Waals surface area contributed by atoms with Crippen molar-refractivity contribution in [3.63, 3.8) is 0 Å². The van der Waals surface area contributed by atoms with E-state index >= 15 is 0 Å². The number of carbonyl (C=O) groups excluding carboxylic acids is 1. The number of halogens is 1. The molecule has 0 bridgehead atoms. The minimum atomic E-state index is -1.41. The molecule has 0 aromatic heterocycles. The van der Waals surface area contributed by atoms with Crippen molar-refractivity contribution in [2.24, 2.45) is 0 Å². The Morgan fingerprint density at radius 3 is 1.76 bits per heavy atom. The topological polar surface area (TPSA) is 87.7 Å². The summed E-state index contributed by atoms with van der Waals surface area (Å²) in [5.74, 6) is -1.10. The van der Waals surface area contributed by atoms with E-state index in [1.807, 2.05) is 30.3 Å². The van der Waals surface area contributed by atoms with E-state index in [0.29, 0.717) is 0 Å². The quantitative estimate of drug-likeness (QED) is 0.432. The number of nitrogens with one attached hydrogen (secondary N) is 2. The molecule has 3 N–H and O–H groups in total. The van der Waals surface area contributed by atoms with Crippen LogP contribution in [0.25, 0.3) is 0 Å². The molecule has 3 rings (SSSR count). The number of benzene rings is 1. The first-order chi connectivity index (χ1) is 15.6. The van der Waals surface area contributed by atoms with Gasteiger partial charge in [-0.05, 0) is 58.9 Å². The van der Waals surface area contributed by atoms with Crippen LogP contribution in [0.1, 0.15) is 97.5 Å². The van der Waals surface area contributed by atoms with Crippen molar-refractivity contribution in [1.29, 1.82) is 0 Å². The van der Waals surface area contributed by atoms with Crippen molar-refractivity contribution in [2.45, 2.75) is 122 Å². The number of rotatable bonds is 6. The van der Waals surface area contributed by atoms with Crippen LogP contribution in [0.5, 0.6) is 0 Å². The minimum absolute atomic E-state index is 0. The summed E-state index contributed by atoms with van der Waals surface area (Å²) in [7, 11) is 0. The normalized spacial score (nSPS) is 18.9. The second-order valence-corrected chi connectivity index (χ2v) is 10.8. The fraction of sp³-hybridized carbons (Fsp3) is 0.704. The fourth-order valence-corrected chi connectivity index (χ4v) is 4.58. The number of hydrogen-bond donors (Lipinski definition) is 3. The summed E-state index contributed by atoms with van der Waals surface area (Å²) < 4.78 is 5.11. The maximum Gasteiger partial charge on any atom is 0.408 e. The first kappa shape index (κ1) is 30.2. The van der Waals surface area contributed by atoms with E-state index in [2.05, 4.69) is 10.6 Å². The summed E-state index contributed by atoms with van der Waals surface area (Å²) in [6, 6.07) is 10.9. The molecule has 1 atom stereocenters. The Kier molecular flexibility index (Phi) is 13.0. The number of carbonyl (C=O) groups is 2. The number of hydrogen-bond acceptors (Lipinski definition) is 4. The van der Waals surface area contributed by atoms with Gasteiger partial charge in [0, 0.05) is 18.5 Å². The van der Waals surface area contributed by atoms with Gasteiger partial charge in [0.15, 0.2) is 0 Å². The first-order valence-electron chi connectivity index (χ1n) is 12.6. The van der Waals surface area contributed by atoms with Crippen molar-refractivity contribution in [3.05, 3.63) is 35.9 Å². The van der Waals surface area contributed by atoms with Gasteiger partial charge >= 0.3 is 12.1 Å². The molecule has 0 aliphatic heterocycles. The van der Waals surface area contributed by atoms with Gasteiger partial charge in [0.05, 0.1) is 0 Å². The Balaban J connectivity index is 0.000000356. The lowest BCUT2D eigenvalue weighted by Crippen LogP contribution is -2.54. The fourth-order valence-electron chi connectivity index (χ4n) is 4.58. The monoisotopic (exact) mass is 496 g/mol. The number of ether oxygens (including phenoxy) is 1. The van der Waals surface area contributed by atoms with E-state index in [4.69, 9.17) is 4.74 Å². The van der Waals surface area contributed by atoms with Gasteiger partial charge in [-0.15, -0.1) is 12.4 Å². The highest BCUT2D eigenvalue weighted by atomic mass is 35.5. The molecule has 0 saturated heterocycles. The Labute approximate surface area is 212 Å². The zero-order valence-electron chi connectivity index (χ0n) is 21.4. The van der Waals surface area contributed by atoms with Crippen LogP contribution in [0.3, 0.4) is 0 Å². The molecule has 2 saturated carbocycles. The largest absolute Gasteiger partial charge is 0.480 e. The molecular formula is C27H45ClN2O4. The van der Waals surface area contributed by atoms with Gasteiger partial charge in [-0.25, -0.2) is 9.59 Å². The summed E-state index contributed by atoms with van der Waals surface area (Å²) in [5.41, 5.74) is -1.26.